The molecule has 12 heteroatoms. The lowest BCUT2D eigenvalue weighted by atomic mass is 10.0. The van der Waals surface area contributed by atoms with Gasteiger partial charge < -0.3 is 35.4 Å². The van der Waals surface area contributed by atoms with E-state index >= 15 is 0 Å². The third-order valence-corrected chi connectivity index (χ3v) is 5.71. The normalized spacial score (nSPS) is 15.3. The minimum atomic E-state index is -1.07. The summed E-state index contributed by atoms with van der Waals surface area (Å²) in [5.74, 6) is -0.705. The molecule has 2 aliphatic rings. The van der Waals surface area contributed by atoms with Crippen LogP contribution in [0.5, 0.6) is 11.5 Å². The van der Waals surface area contributed by atoms with E-state index < -0.39 is 17.9 Å². The highest BCUT2D eigenvalue weighted by Gasteiger charge is 2.28. The van der Waals surface area contributed by atoms with Crippen LogP contribution in [0.3, 0.4) is 0 Å². The van der Waals surface area contributed by atoms with Crippen molar-refractivity contribution in [2.45, 2.75) is 12.5 Å². The molecule has 2 aromatic carbocycles. The number of nitrogen functional groups attached to an aromatic ring is 1. The minimum absolute atomic E-state index is 0. The number of carboxylic acid groups (broad SMARTS) is 1. The lowest BCUT2D eigenvalue weighted by molar-refractivity contribution is -0.139. The topological polar surface area (TPSA) is 158 Å². The van der Waals surface area contributed by atoms with Crippen molar-refractivity contribution >= 4 is 41.7 Å². The fraction of sp³-hybridized carbons (Fsp3) is 0.304. The van der Waals surface area contributed by atoms with Gasteiger partial charge in [0.25, 0.3) is 0 Å². The van der Waals surface area contributed by atoms with E-state index in [1.54, 1.807) is 42.5 Å². The predicted molar refractivity (Wildman–Crippen MR) is 129 cm³/mol. The van der Waals surface area contributed by atoms with Gasteiger partial charge >= 0.3 is 5.97 Å². The summed E-state index contributed by atoms with van der Waals surface area (Å²) >= 11 is 0. The summed E-state index contributed by atoms with van der Waals surface area (Å²) in [6, 6.07) is 11.3. The fourth-order valence-corrected chi connectivity index (χ4v) is 3.92. The number of amides is 2. The number of aliphatic carboxylic acids is 1. The lowest BCUT2D eigenvalue weighted by Gasteiger charge is -2.35. The average Bonchev–Trinajstić information content (AvgIpc) is 3.27. The summed E-state index contributed by atoms with van der Waals surface area (Å²) in [6.07, 6.45) is -0.316. The molecule has 35 heavy (non-hydrogen) atoms. The van der Waals surface area contributed by atoms with Gasteiger partial charge in [0.15, 0.2) is 11.5 Å². The molecule has 2 aromatic rings. The van der Waals surface area contributed by atoms with Crippen molar-refractivity contribution in [2.75, 3.05) is 37.9 Å². The average molecular weight is 504 g/mol. The number of ether oxygens (including phenoxy) is 2. The van der Waals surface area contributed by atoms with Crippen molar-refractivity contribution in [1.29, 1.82) is 5.41 Å². The molecule has 0 radical (unpaired) electrons. The first-order chi connectivity index (χ1) is 16.3. The van der Waals surface area contributed by atoms with E-state index in [2.05, 4.69) is 5.32 Å². The summed E-state index contributed by atoms with van der Waals surface area (Å²) in [5.41, 5.74) is 7.48. The minimum Gasteiger partial charge on any atom is -0.481 e. The molecule has 1 saturated heterocycles. The second kappa shape index (κ2) is 11.0. The van der Waals surface area contributed by atoms with Crippen molar-refractivity contribution < 1.29 is 29.0 Å². The number of hydrogen-bond acceptors (Lipinski definition) is 7. The molecule has 2 heterocycles. The van der Waals surface area contributed by atoms with E-state index in [1.807, 2.05) is 4.90 Å². The molecular formula is C23H26ClN5O6. The Hall–Kier alpha value is -3.99. The number of amidine groups is 1. The van der Waals surface area contributed by atoms with Gasteiger partial charge in [0.05, 0.1) is 25.6 Å². The smallest absolute Gasteiger partial charge is 0.305 e. The van der Waals surface area contributed by atoms with Crippen molar-refractivity contribution in [3.63, 3.8) is 0 Å². The molecule has 2 amide bonds. The molecular weight excluding hydrogens is 478 g/mol. The zero-order chi connectivity index (χ0) is 24.2. The van der Waals surface area contributed by atoms with Crippen LogP contribution in [0.1, 0.15) is 23.6 Å². The first-order valence-corrected chi connectivity index (χ1v) is 10.7. The Morgan fingerprint density at radius 3 is 2.49 bits per heavy atom. The van der Waals surface area contributed by atoms with Crippen LogP contribution in [0.4, 0.5) is 5.69 Å². The quantitative estimate of drug-likeness (QED) is 0.308. The molecule has 2 aliphatic heterocycles. The number of nitrogens with zero attached hydrogens (tertiary/aromatic N) is 2. The highest BCUT2D eigenvalue weighted by atomic mass is 35.5. The molecule has 4 rings (SSSR count). The number of benzene rings is 2. The molecule has 0 bridgehead atoms. The number of halogens is 1. The largest absolute Gasteiger partial charge is 0.481 e. The first kappa shape index (κ1) is 25.6. The second-order valence-electron chi connectivity index (χ2n) is 8.03. The number of rotatable bonds is 8. The molecule has 0 aromatic heterocycles. The van der Waals surface area contributed by atoms with Crippen LogP contribution in [-0.2, 0) is 14.4 Å². The molecule has 1 atom stereocenters. The zero-order valence-electron chi connectivity index (χ0n) is 18.7. The van der Waals surface area contributed by atoms with Crippen LogP contribution in [0.25, 0.3) is 0 Å². The number of carbonyl (C=O) groups is 3. The van der Waals surface area contributed by atoms with E-state index in [4.69, 9.17) is 20.6 Å². The van der Waals surface area contributed by atoms with Crippen LogP contribution in [0.15, 0.2) is 42.5 Å². The number of nitrogens with one attached hydrogen (secondary N) is 2. The Balaban J connectivity index is 0.00000342. The molecule has 0 spiro atoms. The van der Waals surface area contributed by atoms with Crippen molar-refractivity contribution in [3.8, 4) is 11.5 Å². The third kappa shape index (κ3) is 6.12. The molecule has 1 unspecified atom stereocenters. The van der Waals surface area contributed by atoms with Crippen molar-refractivity contribution in [1.82, 2.24) is 10.2 Å². The Morgan fingerprint density at radius 2 is 1.83 bits per heavy atom. The number of carbonyl (C=O) groups excluding carboxylic acids is 2. The SMILES string of the molecule is Cl.N=C(N)c1ccc(N2CCN(CC(=O)NC(CC(=O)O)c3ccc4c(c3)OCO4)C(=O)C2)cc1. The maximum absolute atomic E-state index is 12.7. The van der Waals surface area contributed by atoms with E-state index in [1.165, 1.54) is 4.90 Å². The van der Waals surface area contributed by atoms with Gasteiger partial charge in [-0.25, -0.2) is 0 Å². The van der Waals surface area contributed by atoms with Crippen LogP contribution in [0, 0.1) is 5.41 Å². The Kier molecular flexibility index (Phi) is 8.02. The number of piperazine rings is 1. The van der Waals surface area contributed by atoms with E-state index in [0.717, 1.165) is 5.69 Å². The van der Waals surface area contributed by atoms with Crippen molar-refractivity contribution in [2.24, 2.45) is 5.73 Å². The Morgan fingerprint density at radius 1 is 1.11 bits per heavy atom. The summed E-state index contributed by atoms with van der Waals surface area (Å²) < 4.78 is 10.6. The summed E-state index contributed by atoms with van der Waals surface area (Å²) in [5, 5.41) is 19.5. The van der Waals surface area contributed by atoms with E-state index in [-0.39, 0.29) is 50.5 Å². The number of hydrogen-bond donors (Lipinski definition) is 4. The summed E-state index contributed by atoms with van der Waals surface area (Å²) in [4.78, 5) is 40.1. The van der Waals surface area contributed by atoms with Gasteiger partial charge in [-0.05, 0) is 42.0 Å². The van der Waals surface area contributed by atoms with Gasteiger partial charge in [-0.15, -0.1) is 12.4 Å². The number of fused-ring (bicyclic) bond motifs is 1. The maximum Gasteiger partial charge on any atom is 0.305 e. The first-order valence-electron chi connectivity index (χ1n) is 10.7. The molecule has 0 saturated carbocycles. The van der Waals surface area contributed by atoms with Gasteiger partial charge in [0.1, 0.15) is 5.84 Å². The Bertz CT molecular complexity index is 1130. The number of nitrogens with two attached hydrogens (primary N) is 1. The second-order valence-corrected chi connectivity index (χ2v) is 8.03. The summed E-state index contributed by atoms with van der Waals surface area (Å²) in [7, 11) is 0. The lowest BCUT2D eigenvalue weighted by Crippen LogP contribution is -2.53. The van der Waals surface area contributed by atoms with E-state index in [0.29, 0.717) is 35.7 Å². The predicted octanol–water partition coefficient (Wildman–Crippen LogP) is 1.10. The Labute approximate surface area is 207 Å². The molecule has 186 valence electrons. The third-order valence-electron chi connectivity index (χ3n) is 5.71. The van der Waals surface area contributed by atoms with Gasteiger partial charge in [-0.3, -0.25) is 19.8 Å². The fourth-order valence-electron chi connectivity index (χ4n) is 3.92. The standard InChI is InChI=1S/C23H25N5O6.ClH/c24-23(25)14-1-4-16(5-2-14)27-7-8-28(21(30)12-27)11-20(29)26-17(10-22(31)32)15-3-6-18-19(9-15)34-13-33-18;/h1-6,9,17H,7-8,10-13H2,(H3,24,25)(H,26,29)(H,31,32);1H. The highest BCUT2D eigenvalue weighted by molar-refractivity contribution is 5.95. The van der Waals surface area contributed by atoms with Crippen LogP contribution in [0.2, 0.25) is 0 Å². The molecule has 1 fully saturated rings. The van der Waals surface area contributed by atoms with Crippen LogP contribution in [-0.4, -0.2) is 66.6 Å². The molecule has 11 nitrogen and oxygen atoms in total. The van der Waals surface area contributed by atoms with Gasteiger partial charge in [-0.1, -0.05) is 6.07 Å². The molecule has 5 N–H and O–H groups in total. The monoisotopic (exact) mass is 503 g/mol. The highest BCUT2D eigenvalue weighted by Crippen LogP contribution is 2.34. The van der Waals surface area contributed by atoms with Crippen molar-refractivity contribution in [3.05, 3.63) is 53.6 Å². The molecule has 0 aliphatic carbocycles. The maximum atomic E-state index is 12.7. The van der Waals surface area contributed by atoms with Crippen LogP contribution >= 0.6 is 12.4 Å². The van der Waals surface area contributed by atoms with Crippen LogP contribution < -0.4 is 25.4 Å². The zero-order valence-corrected chi connectivity index (χ0v) is 19.5. The number of anilines is 1. The number of carboxylic acids is 1. The van der Waals surface area contributed by atoms with Gasteiger partial charge in [0.2, 0.25) is 18.6 Å². The summed E-state index contributed by atoms with van der Waals surface area (Å²) in [6.45, 7) is 0.890. The van der Waals surface area contributed by atoms with E-state index in [9.17, 15) is 19.5 Å². The van der Waals surface area contributed by atoms with Gasteiger partial charge in [0, 0.05) is 24.3 Å². The van der Waals surface area contributed by atoms with Gasteiger partial charge in [-0.2, -0.15) is 0 Å².